The van der Waals surface area contributed by atoms with Gasteiger partial charge in [0, 0.05) is 51.1 Å². The number of para-hydroxylation sites is 1. The normalized spacial score (nSPS) is 11.3. The molecule has 0 unspecified atom stereocenters. The van der Waals surface area contributed by atoms with Crippen LogP contribution in [0.2, 0.25) is 0 Å². The number of aryl methyl sites for hydroxylation is 1. The van der Waals surface area contributed by atoms with Crippen molar-refractivity contribution in [3.05, 3.63) is 65.9 Å². The van der Waals surface area contributed by atoms with E-state index in [0.29, 0.717) is 0 Å². The van der Waals surface area contributed by atoms with Crippen LogP contribution in [-0.2, 0) is 7.05 Å². The molecule has 3 rings (SSSR count). The Morgan fingerprint density at radius 1 is 1.04 bits per heavy atom. The van der Waals surface area contributed by atoms with Gasteiger partial charge in [0.2, 0.25) is 11.2 Å². The molecule has 0 aliphatic rings. The smallest absolute Gasteiger partial charge is 0.214 e. The molecule has 140 valence electrons. The Morgan fingerprint density at radius 2 is 1.78 bits per heavy atom. The van der Waals surface area contributed by atoms with Gasteiger partial charge in [0.05, 0.1) is 11.1 Å². The second kappa shape index (κ2) is 8.69. The molecule has 0 atom stereocenters. The molecule has 2 N–H and O–H groups in total. The lowest BCUT2D eigenvalue weighted by molar-refractivity contribution is -0.646. The maximum Gasteiger partial charge on any atom is 0.214 e. The van der Waals surface area contributed by atoms with E-state index in [9.17, 15) is 0 Å². The van der Waals surface area contributed by atoms with Crippen LogP contribution >= 0.6 is 0 Å². The lowest BCUT2D eigenvalue weighted by atomic mass is 10.1. The number of aromatic nitrogens is 1. The number of hydrogen-bond donors (Lipinski definition) is 2. The van der Waals surface area contributed by atoms with Crippen molar-refractivity contribution in [1.29, 1.82) is 0 Å². The van der Waals surface area contributed by atoms with Crippen molar-refractivity contribution >= 4 is 34.4 Å². The summed E-state index contributed by atoms with van der Waals surface area (Å²) in [4.78, 5) is 2.10. The average Bonchev–Trinajstić information content (AvgIpc) is 2.69. The molecule has 27 heavy (non-hydrogen) atoms. The third-order valence-electron chi connectivity index (χ3n) is 4.74. The standard InChI is InChI=1S/C23H27N3O/c1-25(2)19-12-9-18(10-13-19)11-14-20-17-22(24-15-6-16-27)21-7-4-5-8-23(21)26(20)3/h4-5,7-14,17,27H,6,15-16H2,1-3H3/p+1/b14-11+. The Hall–Kier alpha value is -2.85. The number of rotatable bonds is 7. The van der Waals surface area contributed by atoms with E-state index < -0.39 is 0 Å². The molecule has 3 aromatic rings. The predicted octanol–water partition coefficient (Wildman–Crippen LogP) is 3.70. The Morgan fingerprint density at radius 3 is 2.48 bits per heavy atom. The summed E-state index contributed by atoms with van der Waals surface area (Å²) in [5.74, 6) is 0. The van der Waals surface area contributed by atoms with Gasteiger partial charge in [-0.25, -0.2) is 0 Å². The Kier molecular flexibility index (Phi) is 6.09. The van der Waals surface area contributed by atoms with E-state index in [1.807, 2.05) is 14.1 Å². The largest absolute Gasteiger partial charge is 0.396 e. The van der Waals surface area contributed by atoms with Crippen molar-refractivity contribution in [2.24, 2.45) is 7.05 Å². The highest BCUT2D eigenvalue weighted by molar-refractivity contribution is 5.90. The van der Waals surface area contributed by atoms with E-state index in [2.05, 4.69) is 88.6 Å². The van der Waals surface area contributed by atoms with Gasteiger partial charge in [0.25, 0.3) is 0 Å². The number of hydrogen-bond acceptors (Lipinski definition) is 3. The van der Waals surface area contributed by atoms with Crippen LogP contribution in [0.25, 0.3) is 23.1 Å². The highest BCUT2D eigenvalue weighted by atomic mass is 16.3. The van der Waals surface area contributed by atoms with Gasteiger partial charge >= 0.3 is 0 Å². The van der Waals surface area contributed by atoms with Crippen molar-refractivity contribution in [2.45, 2.75) is 6.42 Å². The molecular weight excluding hydrogens is 334 g/mol. The van der Waals surface area contributed by atoms with Gasteiger partial charge in [0.1, 0.15) is 7.05 Å². The molecule has 0 amide bonds. The molecular formula is C23H28N3O+. The van der Waals surface area contributed by atoms with Crippen molar-refractivity contribution < 1.29 is 9.67 Å². The van der Waals surface area contributed by atoms with Gasteiger partial charge in [-0.05, 0) is 36.3 Å². The molecule has 2 aromatic carbocycles. The molecule has 0 radical (unpaired) electrons. The summed E-state index contributed by atoms with van der Waals surface area (Å²) in [7, 11) is 6.19. The van der Waals surface area contributed by atoms with Gasteiger partial charge < -0.3 is 15.3 Å². The SMILES string of the molecule is CN(C)c1ccc(/C=C/c2cc(NCCCO)c3ccccc3[n+]2C)cc1. The summed E-state index contributed by atoms with van der Waals surface area (Å²) < 4.78 is 2.21. The van der Waals surface area contributed by atoms with E-state index in [-0.39, 0.29) is 6.61 Å². The summed E-state index contributed by atoms with van der Waals surface area (Å²) in [5.41, 5.74) is 5.76. The van der Waals surface area contributed by atoms with Gasteiger partial charge in [-0.1, -0.05) is 24.3 Å². The summed E-state index contributed by atoms with van der Waals surface area (Å²) in [6.07, 6.45) is 5.02. The summed E-state index contributed by atoms with van der Waals surface area (Å²) >= 11 is 0. The second-order valence-electron chi connectivity index (χ2n) is 6.88. The number of benzene rings is 2. The van der Waals surface area contributed by atoms with Crippen LogP contribution in [-0.4, -0.2) is 32.4 Å². The van der Waals surface area contributed by atoms with E-state index in [4.69, 9.17) is 5.11 Å². The fraction of sp³-hybridized carbons (Fsp3) is 0.261. The van der Waals surface area contributed by atoms with Crippen LogP contribution in [0, 0.1) is 0 Å². The molecule has 0 saturated carbocycles. The number of pyridine rings is 1. The van der Waals surface area contributed by atoms with E-state index in [1.54, 1.807) is 0 Å². The molecule has 1 heterocycles. The maximum atomic E-state index is 9.06. The highest BCUT2D eigenvalue weighted by Crippen LogP contribution is 2.23. The zero-order valence-electron chi connectivity index (χ0n) is 16.3. The lowest BCUT2D eigenvalue weighted by Crippen LogP contribution is -2.33. The average molecular weight is 362 g/mol. The molecule has 0 aliphatic heterocycles. The van der Waals surface area contributed by atoms with Crippen molar-refractivity contribution in [1.82, 2.24) is 0 Å². The van der Waals surface area contributed by atoms with E-state index in [0.717, 1.165) is 24.3 Å². The third-order valence-corrected chi connectivity index (χ3v) is 4.74. The Balaban J connectivity index is 1.94. The fourth-order valence-corrected chi connectivity index (χ4v) is 3.13. The predicted molar refractivity (Wildman–Crippen MR) is 115 cm³/mol. The minimum atomic E-state index is 0.196. The highest BCUT2D eigenvalue weighted by Gasteiger charge is 2.14. The molecule has 4 heteroatoms. The fourth-order valence-electron chi connectivity index (χ4n) is 3.13. The van der Waals surface area contributed by atoms with Crippen molar-refractivity contribution in [3.8, 4) is 0 Å². The quantitative estimate of drug-likeness (QED) is 0.497. The first-order chi connectivity index (χ1) is 13.1. The first-order valence-corrected chi connectivity index (χ1v) is 9.32. The van der Waals surface area contributed by atoms with Crippen LogP contribution in [0.4, 0.5) is 11.4 Å². The number of nitrogens with one attached hydrogen (secondary N) is 1. The Labute approximate surface area is 161 Å². The van der Waals surface area contributed by atoms with Gasteiger partial charge in [-0.3, -0.25) is 0 Å². The van der Waals surface area contributed by atoms with Crippen molar-refractivity contribution in [3.63, 3.8) is 0 Å². The number of anilines is 2. The minimum Gasteiger partial charge on any atom is -0.396 e. The molecule has 0 bridgehead atoms. The number of nitrogens with zero attached hydrogens (tertiary/aromatic N) is 2. The molecule has 4 nitrogen and oxygen atoms in total. The van der Waals surface area contributed by atoms with Gasteiger partial charge in [-0.15, -0.1) is 0 Å². The van der Waals surface area contributed by atoms with Gasteiger partial charge in [0.15, 0.2) is 0 Å². The molecule has 0 fully saturated rings. The maximum absolute atomic E-state index is 9.06. The summed E-state index contributed by atoms with van der Waals surface area (Å²) in [6.45, 7) is 0.949. The number of aliphatic hydroxyl groups is 1. The van der Waals surface area contributed by atoms with Crippen molar-refractivity contribution in [2.75, 3.05) is 37.5 Å². The molecule has 0 spiro atoms. The molecule has 0 aliphatic carbocycles. The number of aliphatic hydroxyl groups excluding tert-OH is 1. The molecule has 0 saturated heterocycles. The number of fused-ring (bicyclic) bond motifs is 1. The van der Waals surface area contributed by atoms with Crippen LogP contribution in [0.1, 0.15) is 17.7 Å². The lowest BCUT2D eigenvalue weighted by Gasteiger charge is -2.12. The van der Waals surface area contributed by atoms with Crippen LogP contribution in [0.3, 0.4) is 0 Å². The topological polar surface area (TPSA) is 39.4 Å². The van der Waals surface area contributed by atoms with E-state index in [1.165, 1.54) is 22.2 Å². The monoisotopic (exact) mass is 362 g/mol. The van der Waals surface area contributed by atoms with Crippen LogP contribution < -0.4 is 14.8 Å². The first-order valence-electron chi connectivity index (χ1n) is 9.32. The second-order valence-corrected chi connectivity index (χ2v) is 6.88. The third kappa shape index (κ3) is 4.47. The van der Waals surface area contributed by atoms with Gasteiger partial charge in [-0.2, -0.15) is 4.57 Å². The molecule has 1 aromatic heterocycles. The van der Waals surface area contributed by atoms with E-state index >= 15 is 0 Å². The van der Waals surface area contributed by atoms with Crippen LogP contribution in [0.15, 0.2) is 54.6 Å². The first kappa shape index (κ1) is 18.9. The zero-order valence-corrected chi connectivity index (χ0v) is 16.3. The van der Waals surface area contributed by atoms with Crippen LogP contribution in [0.5, 0.6) is 0 Å². The summed E-state index contributed by atoms with van der Waals surface area (Å²) in [6, 6.07) is 19.1. The Bertz CT molecular complexity index is 930. The summed E-state index contributed by atoms with van der Waals surface area (Å²) in [5, 5.41) is 13.7. The zero-order chi connectivity index (χ0) is 19.2. The minimum absolute atomic E-state index is 0.196.